The van der Waals surface area contributed by atoms with Crippen LogP contribution in [0.5, 0.6) is 0 Å². The van der Waals surface area contributed by atoms with Gasteiger partial charge in [0.1, 0.15) is 22.3 Å². The van der Waals surface area contributed by atoms with E-state index in [0.717, 1.165) is 42.4 Å². The van der Waals surface area contributed by atoms with E-state index in [9.17, 15) is 9.18 Å². The van der Waals surface area contributed by atoms with E-state index < -0.39 is 0 Å². The molecule has 28 heavy (non-hydrogen) atoms. The van der Waals surface area contributed by atoms with Crippen LogP contribution in [-0.2, 0) is 12.8 Å². The number of aryl methyl sites for hydroxylation is 3. The Labute approximate surface area is 166 Å². The second-order valence-corrected chi connectivity index (χ2v) is 8.50. The third-order valence-electron chi connectivity index (χ3n) is 5.61. The van der Waals surface area contributed by atoms with Gasteiger partial charge >= 0.3 is 0 Å². The quantitative estimate of drug-likeness (QED) is 0.664. The third-order valence-corrected chi connectivity index (χ3v) is 6.80. The largest absolute Gasteiger partial charge is 0.352 e. The van der Waals surface area contributed by atoms with Gasteiger partial charge in [0.15, 0.2) is 0 Å². The normalized spacial score (nSPS) is 16.6. The van der Waals surface area contributed by atoms with E-state index in [1.165, 1.54) is 34.4 Å². The van der Waals surface area contributed by atoms with Crippen LogP contribution >= 0.6 is 11.3 Å². The van der Waals surface area contributed by atoms with Gasteiger partial charge in [0.05, 0.1) is 5.39 Å². The standard InChI is InChI=1S/C21H21FN4OS/c1-13-23-19(18-16-3-2-4-17(16)28-20(18)24-13)25-9-11-26(12-10-25)21(27)14-5-7-15(22)8-6-14/h5-8H,2-4,9-12H2,1H3. The minimum absolute atomic E-state index is 0.0416. The molecule has 0 spiro atoms. The Kier molecular flexibility index (Phi) is 4.27. The highest BCUT2D eigenvalue weighted by atomic mass is 32.1. The van der Waals surface area contributed by atoms with Crippen LogP contribution in [0.2, 0.25) is 0 Å². The summed E-state index contributed by atoms with van der Waals surface area (Å²) >= 11 is 1.81. The maximum atomic E-state index is 13.1. The number of rotatable bonds is 2. The number of fused-ring (bicyclic) bond motifs is 3. The van der Waals surface area contributed by atoms with Crippen LogP contribution in [0.25, 0.3) is 10.2 Å². The molecule has 1 amide bonds. The summed E-state index contributed by atoms with van der Waals surface area (Å²) in [5.74, 6) is 1.45. The number of nitrogens with zero attached hydrogens (tertiary/aromatic N) is 4. The molecule has 0 bridgehead atoms. The molecule has 3 aromatic rings. The molecule has 1 aromatic carbocycles. The molecule has 5 rings (SSSR count). The van der Waals surface area contributed by atoms with Crippen LogP contribution in [0, 0.1) is 12.7 Å². The van der Waals surface area contributed by atoms with Crippen molar-refractivity contribution in [1.82, 2.24) is 14.9 Å². The topological polar surface area (TPSA) is 49.3 Å². The molecule has 7 heteroatoms. The van der Waals surface area contributed by atoms with Gasteiger partial charge in [-0.3, -0.25) is 4.79 Å². The van der Waals surface area contributed by atoms with Crippen LogP contribution in [0.3, 0.4) is 0 Å². The first-order valence-electron chi connectivity index (χ1n) is 9.69. The van der Waals surface area contributed by atoms with Gasteiger partial charge < -0.3 is 9.80 Å². The van der Waals surface area contributed by atoms with Crippen molar-refractivity contribution in [2.45, 2.75) is 26.2 Å². The molecule has 0 unspecified atom stereocenters. The second kappa shape index (κ2) is 6.81. The average molecular weight is 396 g/mol. The molecule has 1 aliphatic carbocycles. The number of thiophene rings is 1. The van der Waals surface area contributed by atoms with E-state index in [2.05, 4.69) is 9.88 Å². The fourth-order valence-electron chi connectivity index (χ4n) is 4.21. The first-order valence-corrected chi connectivity index (χ1v) is 10.5. The summed E-state index contributed by atoms with van der Waals surface area (Å²) in [5.41, 5.74) is 1.96. The Morgan fingerprint density at radius 2 is 1.82 bits per heavy atom. The van der Waals surface area contributed by atoms with Crippen molar-refractivity contribution >= 4 is 33.3 Å². The van der Waals surface area contributed by atoms with Gasteiger partial charge in [-0.15, -0.1) is 11.3 Å². The number of aromatic nitrogens is 2. The van der Waals surface area contributed by atoms with Crippen molar-refractivity contribution in [3.8, 4) is 0 Å². The number of carbonyl (C=O) groups excluding carboxylic acids is 1. The summed E-state index contributed by atoms with van der Waals surface area (Å²) in [6, 6.07) is 5.77. The van der Waals surface area contributed by atoms with Crippen LogP contribution in [0.15, 0.2) is 24.3 Å². The molecule has 1 aliphatic heterocycles. The molecule has 144 valence electrons. The van der Waals surface area contributed by atoms with Gasteiger partial charge in [0, 0.05) is 36.6 Å². The molecule has 1 fully saturated rings. The number of hydrogen-bond donors (Lipinski definition) is 0. The zero-order valence-corrected chi connectivity index (χ0v) is 16.6. The minimum Gasteiger partial charge on any atom is -0.352 e. The summed E-state index contributed by atoms with van der Waals surface area (Å²) in [7, 11) is 0. The van der Waals surface area contributed by atoms with Crippen LogP contribution in [0.4, 0.5) is 10.2 Å². The van der Waals surface area contributed by atoms with Gasteiger partial charge in [-0.05, 0) is 56.0 Å². The molecule has 2 aliphatic rings. The van der Waals surface area contributed by atoms with E-state index in [0.29, 0.717) is 18.7 Å². The first kappa shape index (κ1) is 17.6. The molecule has 0 saturated carbocycles. The zero-order valence-electron chi connectivity index (χ0n) is 15.7. The number of halogens is 1. The Morgan fingerprint density at radius 3 is 2.57 bits per heavy atom. The summed E-state index contributed by atoms with van der Waals surface area (Å²) < 4.78 is 13.1. The highest BCUT2D eigenvalue weighted by Gasteiger charge is 2.27. The molecule has 0 radical (unpaired) electrons. The Hall–Kier alpha value is -2.54. The first-order chi connectivity index (χ1) is 13.6. The lowest BCUT2D eigenvalue weighted by Gasteiger charge is -2.36. The molecule has 5 nitrogen and oxygen atoms in total. The fraction of sp³-hybridized carbons (Fsp3) is 0.381. The highest BCUT2D eigenvalue weighted by Crippen LogP contribution is 2.40. The van der Waals surface area contributed by atoms with E-state index in [-0.39, 0.29) is 11.7 Å². The lowest BCUT2D eigenvalue weighted by Crippen LogP contribution is -2.49. The van der Waals surface area contributed by atoms with Crippen molar-refractivity contribution in [3.63, 3.8) is 0 Å². The third kappa shape index (κ3) is 2.94. The van der Waals surface area contributed by atoms with Crippen molar-refractivity contribution in [1.29, 1.82) is 0 Å². The smallest absolute Gasteiger partial charge is 0.253 e. The summed E-state index contributed by atoms with van der Waals surface area (Å²) in [6.07, 6.45) is 3.47. The van der Waals surface area contributed by atoms with Gasteiger partial charge in [0.2, 0.25) is 0 Å². The molecule has 0 atom stereocenters. The van der Waals surface area contributed by atoms with Crippen LogP contribution < -0.4 is 4.90 Å². The molecule has 0 N–H and O–H groups in total. The van der Waals surface area contributed by atoms with Crippen LogP contribution in [-0.4, -0.2) is 47.0 Å². The van der Waals surface area contributed by atoms with Gasteiger partial charge in [-0.2, -0.15) is 0 Å². The predicted molar refractivity (Wildman–Crippen MR) is 109 cm³/mol. The second-order valence-electron chi connectivity index (χ2n) is 7.42. The SMILES string of the molecule is Cc1nc(N2CCN(C(=O)c3ccc(F)cc3)CC2)c2c3c(sc2n1)CCC3. The van der Waals surface area contributed by atoms with Gasteiger partial charge in [-0.1, -0.05) is 0 Å². The highest BCUT2D eigenvalue weighted by molar-refractivity contribution is 7.19. The summed E-state index contributed by atoms with van der Waals surface area (Å²) in [4.78, 5) is 28.8. The Morgan fingerprint density at radius 1 is 1.07 bits per heavy atom. The number of benzene rings is 1. The average Bonchev–Trinajstić information content (AvgIpc) is 3.28. The van der Waals surface area contributed by atoms with Gasteiger partial charge in [0.25, 0.3) is 5.91 Å². The van der Waals surface area contributed by atoms with E-state index in [1.54, 1.807) is 12.1 Å². The van der Waals surface area contributed by atoms with Crippen LogP contribution in [0.1, 0.15) is 33.0 Å². The minimum atomic E-state index is -0.326. The predicted octanol–water partition coefficient (Wildman–Crippen LogP) is 3.59. The molecule has 3 heterocycles. The number of carbonyl (C=O) groups is 1. The lowest BCUT2D eigenvalue weighted by atomic mass is 10.1. The lowest BCUT2D eigenvalue weighted by molar-refractivity contribution is 0.0746. The Bertz CT molecular complexity index is 1050. The number of anilines is 1. The monoisotopic (exact) mass is 396 g/mol. The van der Waals surface area contributed by atoms with Crippen molar-refractivity contribution in [2.75, 3.05) is 31.1 Å². The van der Waals surface area contributed by atoms with Crippen molar-refractivity contribution in [3.05, 3.63) is 51.9 Å². The maximum Gasteiger partial charge on any atom is 0.253 e. The molecular formula is C21H21FN4OS. The number of piperazine rings is 1. The van der Waals surface area contributed by atoms with E-state index in [4.69, 9.17) is 4.98 Å². The summed E-state index contributed by atoms with van der Waals surface area (Å²) in [6.45, 7) is 4.69. The molecule has 2 aromatic heterocycles. The Balaban J connectivity index is 1.39. The maximum absolute atomic E-state index is 13.1. The van der Waals surface area contributed by atoms with Crippen molar-refractivity contribution < 1.29 is 9.18 Å². The molecule has 1 saturated heterocycles. The van der Waals surface area contributed by atoms with Crippen molar-refractivity contribution in [2.24, 2.45) is 0 Å². The zero-order chi connectivity index (χ0) is 19.3. The van der Waals surface area contributed by atoms with E-state index >= 15 is 0 Å². The summed E-state index contributed by atoms with van der Waals surface area (Å²) in [5, 5.41) is 1.22. The van der Waals surface area contributed by atoms with Gasteiger partial charge in [-0.25, -0.2) is 14.4 Å². The van der Waals surface area contributed by atoms with E-state index in [1.807, 2.05) is 23.2 Å². The fourth-order valence-corrected chi connectivity index (χ4v) is 5.51. The number of amides is 1. The molecular weight excluding hydrogens is 375 g/mol. The number of hydrogen-bond acceptors (Lipinski definition) is 5.